The Balaban J connectivity index is 1.83. The second-order valence-electron chi connectivity index (χ2n) is 8.52. The summed E-state index contributed by atoms with van der Waals surface area (Å²) in [5.74, 6) is 0. The largest absolute Gasteiger partial charge is 0.293 e. The normalized spacial score (nSPS) is 11.9. The van der Waals surface area contributed by atoms with Gasteiger partial charge >= 0.3 is 0 Å². The predicted octanol–water partition coefficient (Wildman–Crippen LogP) is 7.92. The zero-order chi connectivity index (χ0) is 21.2. The molecule has 4 aromatic carbocycles. The molecule has 150 valence electrons. The molecule has 0 aliphatic heterocycles. The summed E-state index contributed by atoms with van der Waals surface area (Å²) in [5, 5.41) is 7.45. The van der Waals surface area contributed by atoms with Crippen LogP contribution in [0.15, 0.2) is 103 Å². The average Bonchev–Trinajstić information content (AvgIpc) is 3.20. The van der Waals surface area contributed by atoms with Gasteiger partial charge in [0, 0.05) is 16.2 Å². The Morgan fingerprint density at radius 2 is 1.38 bits per heavy atom. The van der Waals surface area contributed by atoms with Crippen LogP contribution in [-0.4, -0.2) is 9.38 Å². The van der Waals surface area contributed by atoms with Crippen molar-refractivity contribution in [2.75, 3.05) is 0 Å². The molecule has 0 saturated heterocycles. The van der Waals surface area contributed by atoms with E-state index in [1.807, 2.05) is 0 Å². The van der Waals surface area contributed by atoms with Crippen LogP contribution < -0.4 is 0 Å². The summed E-state index contributed by atoms with van der Waals surface area (Å²) in [7, 11) is 0. The van der Waals surface area contributed by atoms with E-state index in [1.165, 1.54) is 54.7 Å². The molecule has 7 rings (SSSR count). The first kappa shape index (κ1) is 17.5. The lowest BCUT2D eigenvalue weighted by atomic mass is 9.98. The molecular weight excluding hydrogens is 388 g/mol. The van der Waals surface area contributed by atoms with Gasteiger partial charge in [-0.15, -0.1) is 0 Å². The third-order valence-electron chi connectivity index (χ3n) is 6.63. The highest BCUT2D eigenvalue weighted by Crippen LogP contribution is 2.40. The zero-order valence-electron chi connectivity index (χ0n) is 17.7. The van der Waals surface area contributed by atoms with Gasteiger partial charge in [0.1, 0.15) is 5.65 Å². The Labute approximate surface area is 185 Å². The fraction of sp³-hybridized carbons (Fsp3) is 0.0333. The van der Waals surface area contributed by atoms with Gasteiger partial charge in [-0.2, -0.15) is 0 Å². The Kier molecular flexibility index (Phi) is 3.51. The molecule has 7 aromatic rings. The summed E-state index contributed by atoms with van der Waals surface area (Å²) in [6.45, 7) is 2.22. The molecule has 2 heteroatoms. The van der Waals surface area contributed by atoms with Crippen molar-refractivity contribution in [2.45, 2.75) is 6.92 Å². The Hall–Kier alpha value is -4.17. The molecule has 0 radical (unpaired) electrons. The average molecular weight is 409 g/mol. The lowest BCUT2D eigenvalue weighted by Crippen LogP contribution is -1.97. The molecule has 0 N–H and O–H groups in total. The van der Waals surface area contributed by atoms with E-state index in [2.05, 4.69) is 114 Å². The second-order valence-corrected chi connectivity index (χ2v) is 8.52. The molecular formula is C30H20N2. The second kappa shape index (κ2) is 6.41. The van der Waals surface area contributed by atoms with Crippen LogP contribution in [0.25, 0.3) is 60.3 Å². The lowest BCUT2D eigenvalue weighted by Gasteiger charge is -2.14. The van der Waals surface area contributed by atoms with Crippen LogP contribution in [0.2, 0.25) is 0 Å². The van der Waals surface area contributed by atoms with Crippen molar-refractivity contribution >= 4 is 49.0 Å². The van der Waals surface area contributed by atoms with Gasteiger partial charge in [0.15, 0.2) is 0 Å². The van der Waals surface area contributed by atoms with Crippen molar-refractivity contribution in [3.05, 3.63) is 109 Å². The molecule has 0 aliphatic rings. The van der Waals surface area contributed by atoms with Gasteiger partial charge in [0.25, 0.3) is 0 Å². The number of benzene rings is 4. The lowest BCUT2D eigenvalue weighted by molar-refractivity contribution is 1.23. The van der Waals surface area contributed by atoms with Crippen LogP contribution in [-0.2, 0) is 0 Å². The first-order valence-corrected chi connectivity index (χ1v) is 11.0. The molecule has 0 spiro atoms. The number of aryl methyl sites for hydroxylation is 1. The molecule has 0 saturated carbocycles. The van der Waals surface area contributed by atoms with Crippen LogP contribution in [0.1, 0.15) is 5.56 Å². The zero-order valence-corrected chi connectivity index (χ0v) is 17.7. The van der Waals surface area contributed by atoms with Crippen molar-refractivity contribution in [3.63, 3.8) is 0 Å². The first-order valence-electron chi connectivity index (χ1n) is 11.0. The summed E-state index contributed by atoms with van der Waals surface area (Å²) in [5.41, 5.74) is 6.92. The van der Waals surface area contributed by atoms with Crippen LogP contribution in [0.5, 0.6) is 0 Å². The molecule has 0 atom stereocenters. The van der Waals surface area contributed by atoms with E-state index in [0.29, 0.717) is 0 Å². The minimum Gasteiger partial charge on any atom is -0.293 e. The monoisotopic (exact) mass is 408 g/mol. The fourth-order valence-electron chi connectivity index (χ4n) is 5.21. The molecule has 2 nitrogen and oxygen atoms in total. The van der Waals surface area contributed by atoms with Crippen molar-refractivity contribution in [2.24, 2.45) is 0 Å². The smallest absolute Gasteiger partial charge is 0.146 e. The summed E-state index contributed by atoms with van der Waals surface area (Å²) < 4.78 is 2.38. The standard InChI is InChI=1S/C30H20N2/c1-19-17-27(21-10-3-2-4-11-21)32-29(19)28-23-13-7-5-9-20(23)15-16-24(28)25-18-22-12-6-8-14-26(22)31-30(25)32/h2-18H,1H3. The first-order chi connectivity index (χ1) is 15.8. The molecule has 32 heavy (non-hydrogen) atoms. The van der Waals surface area contributed by atoms with Crippen LogP contribution in [0.3, 0.4) is 0 Å². The Morgan fingerprint density at radius 3 is 2.25 bits per heavy atom. The highest BCUT2D eigenvalue weighted by Gasteiger charge is 2.18. The summed E-state index contributed by atoms with van der Waals surface area (Å²) in [4.78, 5) is 5.20. The van der Waals surface area contributed by atoms with E-state index in [0.717, 1.165) is 11.2 Å². The summed E-state index contributed by atoms with van der Waals surface area (Å²) in [6, 6.07) is 36.8. The van der Waals surface area contributed by atoms with E-state index in [-0.39, 0.29) is 0 Å². The predicted molar refractivity (Wildman–Crippen MR) is 135 cm³/mol. The maximum Gasteiger partial charge on any atom is 0.146 e. The SMILES string of the molecule is Cc1cc(-c2ccccc2)n2c3nc4ccccc4cc3c3ccc4ccccc4c3c12. The van der Waals surface area contributed by atoms with Gasteiger partial charge in [-0.3, -0.25) is 4.40 Å². The van der Waals surface area contributed by atoms with Crippen LogP contribution in [0, 0.1) is 6.92 Å². The molecule has 3 heterocycles. The van der Waals surface area contributed by atoms with Crippen LogP contribution in [0.4, 0.5) is 0 Å². The summed E-state index contributed by atoms with van der Waals surface area (Å²) >= 11 is 0. The number of para-hydroxylation sites is 1. The quantitative estimate of drug-likeness (QED) is 0.199. The van der Waals surface area contributed by atoms with Crippen molar-refractivity contribution in [1.82, 2.24) is 9.38 Å². The third-order valence-corrected chi connectivity index (χ3v) is 6.63. The van der Waals surface area contributed by atoms with Gasteiger partial charge in [-0.1, -0.05) is 84.9 Å². The van der Waals surface area contributed by atoms with Gasteiger partial charge in [-0.25, -0.2) is 4.98 Å². The minimum atomic E-state index is 1.01. The maximum absolute atomic E-state index is 5.20. The number of hydrogen-bond donors (Lipinski definition) is 0. The Morgan fingerprint density at radius 1 is 0.625 bits per heavy atom. The van der Waals surface area contributed by atoms with E-state index in [1.54, 1.807) is 0 Å². The minimum absolute atomic E-state index is 1.01. The van der Waals surface area contributed by atoms with E-state index in [4.69, 9.17) is 4.98 Å². The highest BCUT2D eigenvalue weighted by atomic mass is 15.0. The highest BCUT2D eigenvalue weighted by molar-refractivity contribution is 6.24. The van der Waals surface area contributed by atoms with Gasteiger partial charge in [0.2, 0.25) is 0 Å². The number of nitrogens with zero attached hydrogens (tertiary/aromatic N) is 2. The molecule has 3 aromatic heterocycles. The van der Waals surface area contributed by atoms with E-state index >= 15 is 0 Å². The third kappa shape index (κ3) is 2.32. The maximum atomic E-state index is 5.20. The number of aromatic nitrogens is 2. The number of pyridine rings is 2. The van der Waals surface area contributed by atoms with Gasteiger partial charge < -0.3 is 0 Å². The van der Waals surface area contributed by atoms with Crippen molar-refractivity contribution in [1.29, 1.82) is 0 Å². The van der Waals surface area contributed by atoms with E-state index in [9.17, 15) is 0 Å². The topological polar surface area (TPSA) is 17.3 Å². The summed E-state index contributed by atoms with van der Waals surface area (Å²) in [6.07, 6.45) is 0. The number of hydrogen-bond acceptors (Lipinski definition) is 1. The Bertz CT molecular complexity index is 1830. The molecule has 0 amide bonds. The molecule has 0 fully saturated rings. The number of fused-ring (bicyclic) bond motifs is 9. The number of rotatable bonds is 1. The van der Waals surface area contributed by atoms with Crippen molar-refractivity contribution in [3.8, 4) is 11.3 Å². The fourth-order valence-corrected chi connectivity index (χ4v) is 5.21. The molecule has 0 bridgehead atoms. The van der Waals surface area contributed by atoms with Gasteiger partial charge in [-0.05, 0) is 52.4 Å². The van der Waals surface area contributed by atoms with Gasteiger partial charge in [0.05, 0.1) is 16.7 Å². The molecule has 0 aliphatic carbocycles. The van der Waals surface area contributed by atoms with Crippen molar-refractivity contribution < 1.29 is 0 Å². The van der Waals surface area contributed by atoms with E-state index < -0.39 is 0 Å². The van der Waals surface area contributed by atoms with Crippen LogP contribution >= 0.6 is 0 Å². The molecule has 0 unspecified atom stereocenters.